The Morgan fingerprint density at radius 3 is 2.34 bits per heavy atom. The number of aromatic nitrogens is 1. The van der Waals surface area contributed by atoms with Crippen molar-refractivity contribution in [3.8, 4) is 0 Å². The molecule has 6 rings (SSSR count). The second-order valence-corrected chi connectivity index (χ2v) is 10.1. The number of ether oxygens (including phenoxy) is 4. The van der Waals surface area contributed by atoms with E-state index in [1.165, 1.54) is 37.3 Å². The molecule has 3 aliphatic rings. The third kappa shape index (κ3) is 4.01. The van der Waals surface area contributed by atoms with Gasteiger partial charge in [-0.25, -0.2) is 0 Å². The van der Waals surface area contributed by atoms with Crippen molar-refractivity contribution >= 4 is 34.5 Å². The van der Waals surface area contributed by atoms with E-state index in [1.807, 2.05) is 30.3 Å². The van der Waals surface area contributed by atoms with Gasteiger partial charge in [0.05, 0.1) is 12.6 Å². The quantitative estimate of drug-likeness (QED) is 0.409. The normalized spacial score (nSPS) is 27.7. The van der Waals surface area contributed by atoms with E-state index in [0.29, 0.717) is 0 Å². The molecule has 1 aliphatic carbocycles. The van der Waals surface area contributed by atoms with Crippen LogP contribution in [0.3, 0.4) is 0 Å². The molecule has 38 heavy (non-hydrogen) atoms. The van der Waals surface area contributed by atoms with Gasteiger partial charge in [-0.05, 0) is 36.1 Å². The monoisotopic (exact) mass is 518 g/mol. The number of nitrogens with one attached hydrogen (secondary N) is 1. The van der Waals surface area contributed by atoms with Crippen molar-refractivity contribution in [1.82, 2.24) is 4.98 Å². The molecule has 9 nitrogen and oxygen atoms in total. The number of H-pyrrole nitrogens is 1. The van der Waals surface area contributed by atoms with Crippen LogP contribution in [0, 0.1) is 0 Å². The molecule has 1 fully saturated rings. The molecular weight excluding hydrogens is 488 g/mol. The predicted molar refractivity (Wildman–Crippen MR) is 137 cm³/mol. The van der Waals surface area contributed by atoms with Gasteiger partial charge in [0.1, 0.15) is 0 Å². The van der Waals surface area contributed by atoms with Gasteiger partial charge in [-0.15, -0.1) is 0 Å². The maximum Gasteiger partial charge on any atom is 0.303 e. The number of anilines is 1. The molecule has 3 heterocycles. The average Bonchev–Trinajstić information content (AvgIpc) is 3.41. The first kappa shape index (κ1) is 24.5. The summed E-state index contributed by atoms with van der Waals surface area (Å²) >= 11 is 0. The van der Waals surface area contributed by atoms with Gasteiger partial charge in [0.2, 0.25) is 0 Å². The summed E-state index contributed by atoms with van der Waals surface area (Å²) in [6, 6.07) is 16.3. The summed E-state index contributed by atoms with van der Waals surface area (Å²) in [5.74, 6) is -1.48. The van der Waals surface area contributed by atoms with Crippen LogP contribution in [-0.4, -0.2) is 54.0 Å². The summed E-state index contributed by atoms with van der Waals surface area (Å²) < 4.78 is 23.2. The lowest BCUT2D eigenvalue weighted by atomic mass is 9.80. The van der Waals surface area contributed by atoms with Crippen LogP contribution in [0.15, 0.2) is 48.5 Å². The standard InChI is InChI=1S/C29H30N2O7/c1-15(32)36-24-14-35-29(28(38-17(3)34)27(24)37-16(2)33)31-23-11-7-5-9-19(23)21-13-12-20-18-8-4-6-10-22(18)30-25(20)26(21)31/h4-11,21,24,26-30H,12-14H2,1-3H3/t21-,24?,26+,27?,28?,29?/m0/s1. The molecule has 0 spiro atoms. The highest BCUT2D eigenvalue weighted by molar-refractivity contribution is 5.86. The molecule has 198 valence electrons. The van der Waals surface area contributed by atoms with Gasteiger partial charge in [-0.2, -0.15) is 0 Å². The van der Waals surface area contributed by atoms with Crippen molar-refractivity contribution in [2.45, 2.75) is 70.1 Å². The number of carbonyl (C=O) groups excluding carboxylic acids is 3. The second-order valence-electron chi connectivity index (χ2n) is 10.1. The topological polar surface area (TPSA) is 107 Å². The number of hydrogen-bond donors (Lipinski definition) is 1. The fourth-order valence-electron chi connectivity index (χ4n) is 6.50. The smallest absolute Gasteiger partial charge is 0.303 e. The van der Waals surface area contributed by atoms with Crippen LogP contribution in [-0.2, 0) is 39.8 Å². The van der Waals surface area contributed by atoms with Crippen LogP contribution in [0.1, 0.15) is 56.0 Å². The zero-order chi connectivity index (χ0) is 26.6. The summed E-state index contributed by atoms with van der Waals surface area (Å²) in [7, 11) is 0. The molecule has 0 radical (unpaired) electrons. The number of carbonyl (C=O) groups is 3. The van der Waals surface area contributed by atoms with Crippen molar-refractivity contribution in [2.24, 2.45) is 0 Å². The van der Waals surface area contributed by atoms with Gasteiger partial charge in [-0.1, -0.05) is 36.4 Å². The highest BCUT2D eigenvalue weighted by Crippen LogP contribution is 2.56. The zero-order valence-corrected chi connectivity index (χ0v) is 21.5. The number of nitrogens with zero attached hydrogens (tertiary/aromatic N) is 1. The minimum absolute atomic E-state index is 0.0183. The molecule has 2 aromatic carbocycles. The van der Waals surface area contributed by atoms with Gasteiger partial charge in [0.15, 0.2) is 24.5 Å². The first-order valence-electron chi connectivity index (χ1n) is 12.9. The highest BCUT2D eigenvalue weighted by Gasteiger charge is 2.54. The van der Waals surface area contributed by atoms with Gasteiger partial charge < -0.3 is 28.8 Å². The van der Waals surface area contributed by atoms with Crippen molar-refractivity contribution in [3.05, 3.63) is 65.4 Å². The molecule has 0 bridgehead atoms. The lowest BCUT2D eigenvalue weighted by Crippen LogP contribution is -2.62. The Balaban J connectivity index is 1.48. The molecule has 6 atom stereocenters. The third-order valence-electron chi connectivity index (χ3n) is 7.74. The van der Waals surface area contributed by atoms with E-state index >= 15 is 0 Å². The van der Waals surface area contributed by atoms with Crippen LogP contribution < -0.4 is 4.90 Å². The number of esters is 3. The number of aromatic amines is 1. The molecule has 1 aromatic heterocycles. The summed E-state index contributed by atoms with van der Waals surface area (Å²) in [6.07, 6.45) is -1.88. The molecule has 3 aromatic rings. The van der Waals surface area contributed by atoms with Crippen LogP contribution in [0.2, 0.25) is 0 Å². The number of hydrogen-bond acceptors (Lipinski definition) is 8. The molecule has 0 amide bonds. The van der Waals surface area contributed by atoms with E-state index in [1.54, 1.807) is 0 Å². The number of rotatable bonds is 4. The average molecular weight is 519 g/mol. The van der Waals surface area contributed by atoms with E-state index in [9.17, 15) is 14.4 Å². The molecule has 9 heteroatoms. The summed E-state index contributed by atoms with van der Waals surface area (Å²) in [4.78, 5) is 42.1. The van der Waals surface area contributed by atoms with E-state index < -0.39 is 42.4 Å². The maximum absolute atomic E-state index is 12.3. The van der Waals surface area contributed by atoms with Crippen molar-refractivity contribution in [1.29, 1.82) is 0 Å². The van der Waals surface area contributed by atoms with Gasteiger partial charge in [0.25, 0.3) is 0 Å². The van der Waals surface area contributed by atoms with E-state index in [-0.39, 0.29) is 18.6 Å². The van der Waals surface area contributed by atoms with Crippen LogP contribution in [0.4, 0.5) is 5.69 Å². The minimum Gasteiger partial charge on any atom is -0.456 e. The third-order valence-corrected chi connectivity index (χ3v) is 7.74. The fraction of sp³-hybridized carbons (Fsp3) is 0.414. The van der Waals surface area contributed by atoms with Crippen LogP contribution in [0.25, 0.3) is 10.9 Å². The van der Waals surface area contributed by atoms with Gasteiger partial charge in [-0.3, -0.25) is 14.4 Å². The van der Waals surface area contributed by atoms with Crippen molar-refractivity contribution in [2.75, 3.05) is 11.5 Å². The van der Waals surface area contributed by atoms with Crippen molar-refractivity contribution in [3.63, 3.8) is 0 Å². The summed E-state index contributed by atoms with van der Waals surface area (Å²) in [5.41, 5.74) is 5.62. The van der Waals surface area contributed by atoms with Gasteiger partial charge in [0, 0.05) is 49.0 Å². The lowest BCUT2D eigenvalue weighted by Gasteiger charge is -2.47. The first-order valence-corrected chi connectivity index (χ1v) is 12.9. The van der Waals surface area contributed by atoms with Crippen LogP contribution in [0.5, 0.6) is 0 Å². The summed E-state index contributed by atoms with van der Waals surface area (Å²) in [6.45, 7) is 3.84. The molecule has 2 aliphatic heterocycles. The van der Waals surface area contributed by atoms with Crippen LogP contribution >= 0.6 is 0 Å². The molecular formula is C29H30N2O7. The Hall–Kier alpha value is -3.85. The molecule has 1 N–H and O–H groups in total. The Kier molecular flexibility index (Phi) is 6.10. The molecule has 0 saturated carbocycles. The van der Waals surface area contributed by atoms with Crippen molar-refractivity contribution < 1.29 is 33.3 Å². The Bertz CT molecular complexity index is 1410. The first-order chi connectivity index (χ1) is 18.3. The largest absolute Gasteiger partial charge is 0.456 e. The zero-order valence-electron chi connectivity index (χ0n) is 21.5. The number of para-hydroxylation sites is 2. The minimum atomic E-state index is -1.03. The number of benzene rings is 2. The van der Waals surface area contributed by atoms with Gasteiger partial charge >= 0.3 is 17.9 Å². The summed E-state index contributed by atoms with van der Waals surface area (Å²) in [5, 5.41) is 1.20. The Morgan fingerprint density at radius 2 is 1.58 bits per heavy atom. The Morgan fingerprint density at radius 1 is 0.895 bits per heavy atom. The lowest BCUT2D eigenvalue weighted by molar-refractivity contribution is -0.226. The second kappa shape index (κ2) is 9.47. The highest BCUT2D eigenvalue weighted by atomic mass is 16.6. The predicted octanol–water partition coefficient (Wildman–Crippen LogP) is 3.91. The number of fused-ring (bicyclic) bond motifs is 7. The number of aryl methyl sites for hydroxylation is 1. The van der Waals surface area contributed by atoms with E-state index in [4.69, 9.17) is 18.9 Å². The Labute approximate surface area is 220 Å². The SMILES string of the molecule is CC(=O)OC1COC(N2c3ccccc3[C@@H]3CCc4c([nH]c5ccccc45)[C@@H]32)C(OC(C)=O)C1OC(C)=O. The fourth-order valence-corrected chi connectivity index (χ4v) is 6.50. The molecule has 4 unspecified atom stereocenters. The van der Waals surface area contributed by atoms with E-state index in [2.05, 4.69) is 28.1 Å². The van der Waals surface area contributed by atoms with E-state index in [0.717, 1.165) is 29.7 Å². The maximum atomic E-state index is 12.3. The molecule has 1 saturated heterocycles.